The molecule has 0 bridgehead atoms. The summed E-state index contributed by atoms with van der Waals surface area (Å²) in [5.41, 5.74) is 3.18. The van der Waals surface area contributed by atoms with Crippen LogP contribution >= 0.6 is 11.3 Å². The zero-order valence-electron chi connectivity index (χ0n) is 9.19. The summed E-state index contributed by atoms with van der Waals surface area (Å²) >= 11 is 1.64. The van der Waals surface area contributed by atoms with Crippen molar-refractivity contribution >= 4 is 22.4 Å². The lowest BCUT2D eigenvalue weighted by atomic mass is 10.1. The van der Waals surface area contributed by atoms with Gasteiger partial charge in [-0.05, 0) is 18.6 Å². The third-order valence-electron chi connectivity index (χ3n) is 2.57. The van der Waals surface area contributed by atoms with Crippen molar-refractivity contribution in [3.63, 3.8) is 0 Å². The first kappa shape index (κ1) is 10.3. The largest absolute Gasteiger partial charge is 0.417 e. The summed E-state index contributed by atoms with van der Waals surface area (Å²) in [6, 6.07) is 5.60. The Labute approximate surface area is 101 Å². The van der Waals surface area contributed by atoms with E-state index >= 15 is 0 Å². The molecule has 0 radical (unpaired) electrons. The minimum absolute atomic E-state index is 0.426. The van der Waals surface area contributed by atoms with Crippen molar-refractivity contribution in [2.45, 2.75) is 13.3 Å². The number of fused-ring (bicyclic) bond motifs is 1. The summed E-state index contributed by atoms with van der Waals surface area (Å²) in [5.74, 6) is -0.426. The molecular formula is C12H10N2O2S. The minimum atomic E-state index is -0.426. The highest BCUT2D eigenvalue weighted by atomic mass is 32.1. The van der Waals surface area contributed by atoms with Crippen LogP contribution in [0.4, 0.5) is 0 Å². The van der Waals surface area contributed by atoms with Gasteiger partial charge in [0.25, 0.3) is 0 Å². The molecule has 2 aromatic heterocycles. The second kappa shape index (κ2) is 3.85. The lowest BCUT2D eigenvalue weighted by Crippen LogP contribution is -1.92. The van der Waals surface area contributed by atoms with Crippen LogP contribution < -0.4 is 5.76 Å². The normalized spacial score (nSPS) is 11.1. The van der Waals surface area contributed by atoms with Gasteiger partial charge in [-0.1, -0.05) is 13.0 Å². The number of H-pyrrole nitrogens is 1. The van der Waals surface area contributed by atoms with Crippen LogP contribution in [-0.4, -0.2) is 9.97 Å². The molecule has 0 fully saturated rings. The van der Waals surface area contributed by atoms with Gasteiger partial charge in [0.1, 0.15) is 0 Å². The molecule has 0 spiro atoms. The molecule has 0 aliphatic rings. The third-order valence-corrected chi connectivity index (χ3v) is 3.56. The molecule has 0 unspecified atom stereocenters. The summed E-state index contributed by atoms with van der Waals surface area (Å²) in [6.45, 7) is 2.08. The van der Waals surface area contributed by atoms with E-state index in [2.05, 4.69) is 16.9 Å². The van der Waals surface area contributed by atoms with E-state index in [-0.39, 0.29) is 0 Å². The second-order valence-corrected chi connectivity index (χ2v) is 4.65. The van der Waals surface area contributed by atoms with E-state index in [1.165, 1.54) is 0 Å². The molecule has 0 amide bonds. The Balaban J connectivity index is 2.13. The Morgan fingerprint density at radius 2 is 2.35 bits per heavy atom. The van der Waals surface area contributed by atoms with E-state index in [1.54, 1.807) is 11.3 Å². The Hall–Kier alpha value is -1.88. The number of nitrogens with one attached hydrogen (secondary N) is 1. The van der Waals surface area contributed by atoms with E-state index < -0.39 is 5.76 Å². The van der Waals surface area contributed by atoms with Gasteiger partial charge in [-0.3, -0.25) is 4.98 Å². The molecule has 0 saturated carbocycles. The van der Waals surface area contributed by atoms with E-state index in [9.17, 15) is 4.79 Å². The van der Waals surface area contributed by atoms with Gasteiger partial charge in [-0.2, -0.15) is 0 Å². The highest BCUT2D eigenvalue weighted by Gasteiger charge is 2.06. The van der Waals surface area contributed by atoms with Gasteiger partial charge in [0.05, 0.1) is 16.2 Å². The number of hydrogen-bond donors (Lipinski definition) is 1. The fraction of sp³-hybridized carbons (Fsp3) is 0.167. The summed E-state index contributed by atoms with van der Waals surface area (Å²) in [4.78, 5) is 18.2. The lowest BCUT2D eigenvalue weighted by molar-refractivity contribution is 0.555. The quantitative estimate of drug-likeness (QED) is 0.756. The van der Waals surface area contributed by atoms with E-state index in [1.807, 2.05) is 23.6 Å². The average molecular weight is 246 g/mol. The first-order valence-electron chi connectivity index (χ1n) is 5.34. The molecule has 5 heteroatoms. The zero-order chi connectivity index (χ0) is 11.8. The highest BCUT2D eigenvalue weighted by molar-refractivity contribution is 7.09. The first-order valence-corrected chi connectivity index (χ1v) is 6.22. The van der Waals surface area contributed by atoms with Crippen molar-refractivity contribution in [2.24, 2.45) is 0 Å². The van der Waals surface area contributed by atoms with Crippen LogP contribution in [0.25, 0.3) is 22.4 Å². The van der Waals surface area contributed by atoms with Crippen molar-refractivity contribution in [3.8, 4) is 11.3 Å². The zero-order valence-corrected chi connectivity index (χ0v) is 10.0. The SMILES string of the molecule is CCc1nc(-c2ccc3[nH]c(=O)oc3c2)cs1. The maximum atomic E-state index is 11.1. The molecule has 2 heterocycles. The van der Waals surface area contributed by atoms with Gasteiger partial charge in [0, 0.05) is 10.9 Å². The van der Waals surface area contributed by atoms with Gasteiger partial charge in [-0.25, -0.2) is 9.78 Å². The molecule has 0 atom stereocenters. The van der Waals surface area contributed by atoms with E-state index in [0.717, 1.165) is 22.7 Å². The fourth-order valence-corrected chi connectivity index (χ4v) is 2.46. The summed E-state index contributed by atoms with van der Waals surface area (Å²) < 4.78 is 5.03. The van der Waals surface area contributed by atoms with Gasteiger partial charge in [0.2, 0.25) is 0 Å². The van der Waals surface area contributed by atoms with Crippen molar-refractivity contribution in [3.05, 3.63) is 39.1 Å². The lowest BCUT2D eigenvalue weighted by Gasteiger charge is -1.95. The Morgan fingerprint density at radius 3 is 3.12 bits per heavy atom. The molecule has 3 aromatic rings. The molecule has 0 aliphatic carbocycles. The number of oxazole rings is 1. The number of thiazole rings is 1. The molecule has 0 saturated heterocycles. The van der Waals surface area contributed by atoms with Crippen LogP contribution in [0.2, 0.25) is 0 Å². The third kappa shape index (κ3) is 1.78. The Kier molecular flexibility index (Phi) is 2.33. The van der Waals surface area contributed by atoms with E-state index in [0.29, 0.717) is 11.1 Å². The minimum Gasteiger partial charge on any atom is -0.408 e. The molecule has 4 nitrogen and oxygen atoms in total. The van der Waals surface area contributed by atoms with Gasteiger partial charge >= 0.3 is 5.76 Å². The maximum absolute atomic E-state index is 11.1. The topological polar surface area (TPSA) is 58.9 Å². The molecule has 1 N–H and O–H groups in total. The van der Waals surface area contributed by atoms with Crippen LogP contribution in [-0.2, 0) is 6.42 Å². The smallest absolute Gasteiger partial charge is 0.408 e. The number of nitrogens with zero attached hydrogens (tertiary/aromatic N) is 1. The van der Waals surface area contributed by atoms with E-state index in [4.69, 9.17) is 4.42 Å². The maximum Gasteiger partial charge on any atom is 0.417 e. The number of rotatable bonds is 2. The molecule has 1 aromatic carbocycles. The molecule has 0 aliphatic heterocycles. The van der Waals surface area contributed by atoms with Crippen molar-refractivity contribution in [1.82, 2.24) is 9.97 Å². The van der Waals surface area contributed by atoms with Crippen LogP contribution in [0.3, 0.4) is 0 Å². The van der Waals surface area contributed by atoms with Crippen molar-refractivity contribution in [2.75, 3.05) is 0 Å². The van der Waals surface area contributed by atoms with Gasteiger partial charge < -0.3 is 4.42 Å². The number of hydrogen-bond acceptors (Lipinski definition) is 4. The summed E-state index contributed by atoms with van der Waals surface area (Å²) in [5, 5.41) is 3.13. The van der Waals surface area contributed by atoms with Crippen LogP contribution in [0.15, 0.2) is 32.8 Å². The first-order chi connectivity index (χ1) is 8.26. The number of benzene rings is 1. The Bertz CT molecular complexity index is 723. The number of aromatic amines is 1. The van der Waals surface area contributed by atoms with Crippen molar-refractivity contribution in [1.29, 1.82) is 0 Å². The fourth-order valence-electron chi connectivity index (χ4n) is 1.71. The Morgan fingerprint density at radius 1 is 1.47 bits per heavy atom. The molecule has 86 valence electrons. The summed E-state index contributed by atoms with van der Waals surface area (Å²) in [7, 11) is 0. The second-order valence-electron chi connectivity index (χ2n) is 3.71. The predicted octanol–water partition coefficient (Wildman–Crippen LogP) is 2.81. The predicted molar refractivity (Wildman–Crippen MR) is 67.3 cm³/mol. The standard InChI is InChI=1S/C12H10N2O2S/c1-2-11-13-9(6-17-11)7-3-4-8-10(5-7)16-12(15)14-8/h3-6H,2H2,1H3,(H,14,15). The van der Waals surface area contributed by atoms with Gasteiger partial charge in [-0.15, -0.1) is 11.3 Å². The number of aryl methyl sites for hydroxylation is 1. The number of aromatic nitrogens is 2. The van der Waals surface area contributed by atoms with Crippen LogP contribution in [0.5, 0.6) is 0 Å². The molecular weight excluding hydrogens is 236 g/mol. The van der Waals surface area contributed by atoms with Gasteiger partial charge in [0.15, 0.2) is 5.58 Å². The highest BCUT2D eigenvalue weighted by Crippen LogP contribution is 2.24. The van der Waals surface area contributed by atoms with Crippen LogP contribution in [0, 0.1) is 0 Å². The summed E-state index contributed by atoms with van der Waals surface area (Å²) in [6.07, 6.45) is 0.937. The molecule has 17 heavy (non-hydrogen) atoms. The van der Waals surface area contributed by atoms with Crippen molar-refractivity contribution < 1.29 is 4.42 Å². The molecule has 3 rings (SSSR count). The monoisotopic (exact) mass is 246 g/mol. The van der Waals surface area contributed by atoms with Crippen LogP contribution in [0.1, 0.15) is 11.9 Å². The average Bonchev–Trinajstić information content (AvgIpc) is 2.92.